The molecule has 1 aliphatic rings. The Balaban J connectivity index is 1.04. The van der Waals surface area contributed by atoms with E-state index in [9.17, 15) is 0 Å². The first-order chi connectivity index (χ1) is 28.5. The van der Waals surface area contributed by atoms with Crippen LogP contribution in [0.1, 0.15) is 25.0 Å². The van der Waals surface area contributed by atoms with Crippen molar-refractivity contribution in [2.24, 2.45) is 0 Å². The van der Waals surface area contributed by atoms with Gasteiger partial charge in [-0.3, -0.25) is 0 Å². The molecule has 274 valence electrons. The SMILES string of the molecule is CC1(C)c2ccccc2-c2c(-c3ccccc3-c3nc(-c4ccccc4)nc(-c4ccc(-c5cccc6oc7ccc(-c8ccccc8)cc7c56)cc4)n3)cccc21. The van der Waals surface area contributed by atoms with E-state index in [1.54, 1.807) is 0 Å². The van der Waals surface area contributed by atoms with Gasteiger partial charge in [0.1, 0.15) is 11.2 Å². The minimum atomic E-state index is -0.106. The second-order valence-corrected chi connectivity index (χ2v) is 15.6. The Morgan fingerprint density at radius 2 is 0.897 bits per heavy atom. The molecule has 58 heavy (non-hydrogen) atoms. The number of aromatic nitrogens is 3. The first kappa shape index (κ1) is 33.9. The number of nitrogens with zero attached hydrogens (tertiary/aromatic N) is 3. The van der Waals surface area contributed by atoms with Crippen molar-refractivity contribution in [2.75, 3.05) is 0 Å². The quantitative estimate of drug-likeness (QED) is 0.170. The summed E-state index contributed by atoms with van der Waals surface area (Å²) in [5, 5.41) is 2.20. The van der Waals surface area contributed by atoms with Gasteiger partial charge in [-0.15, -0.1) is 0 Å². The highest BCUT2D eigenvalue weighted by molar-refractivity contribution is 6.13. The third-order valence-electron chi connectivity index (χ3n) is 11.8. The van der Waals surface area contributed by atoms with Crippen molar-refractivity contribution in [1.82, 2.24) is 15.0 Å². The maximum Gasteiger partial charge on any atom is 0.164 e. The van der Waals surface area contributed by atoms with Crippen LogP contribution < -0.4 is 0 Å². The van der Waals surface area contributed by atoms with Crippen molar-refractivity contribution in [3.63, 3.8) is 0 Å². The van der Waals surface area contributed by atoms with Gasteiger partial charge in [-0.1, -0.05) is 184 Å². The van der Waals surface area contributed by atoms with Gasteiger partial charge in [0.15, 0.2) is 17.5 Å². The van der Waals surface area contributed by atoms with Gasteiger partial charge < -0.3 is 4.42 Å². The minimum absolute atomic E-state index is 0.106. The van der Waals surface area contributed by atoms with Gasteiger partial charge in [-0.2, -0.15) is 0 Å². The predicted octanol–water partition coefficient (Wildman–Crippen LogP) is 14.1. The highest BCUT2D eigenvalue weighted by atomic mass is 16.3. The van der Waals surface area contributed by atoms with E-state index in [1.165, 1.54) is 33.4 Å². The van der Waals surface area contributed by atoms with Gasteiger partial charge in [-0.05, 0) is 73.8 Å². The Labute approximate surface area is 337 Å². The molecule has 0 N–H and O–H groups in total. The Morgan fingerprint density at radius 3 is 1.66 bits per heavy atom. The second kappa shape index (κ2) is 13.4. The van der Waals surface area contributed by atoms with E-state index in [0.717, 1.165) is 60.9 Å². The average molecular weight is 744 g/mol. The molecule has 2 heterocycles. The largest absolute Gasteiger partial charge is 0.456 e. The highest BCUT2D eigenvalue weighted by Crippen LogP contribution is 2.52. The van der Waals surface area contributed by atoms with Crippen molar-refractivity contribution < 1.29 is 4.42 Å². The highest BCUT2D eigenvalue weighted by Gasteiger charge is 2.37. The van der Waals surface area contributed by atoms with E-state index in [1.807, 2.05) is 30.3 Å². The third-order valence-corrected chi connectivity index (χ3v) is 11.8. The fraction of sp³-hybridized carbons (Fsp3) is 0.0556. The van der Waals surface area contributed by atoms with Crippen LogP contribution in [0.4, 0.5) is 0 Å². The summed E-state index contributed by atoms with van der Waals surface area (Å²) in [5.41, 5.74) is 16.5. The number of hydrogen-bond donors (Lipinski definition) is 0. The number of furan rings is 1. The maximum absolute atomic E-state index is 6.38. The van der Waals surface area contributed by atoms with Gasteiger partial charge in [0.25, 0.3) is 0 Å². The molecule has 4 nitrogen and oxygen atoms in total. The lowest BCUT2D eigenvalue weighted by Gasteiger charge is -2.21. The summed E-state index contributed by atoms with van der Waals surface area (Å²) in [5.74, 6) is 1.89. The Bertz CT molecular complexity index is 3180. The van der Waals surface area contributed by atoms with Crippen molar-refractivity contribution >= 4 is 21.9 Å². The molecule has 0 amide bonds. The van der Waals surface area contributed by atoms with Gasteiger partial charge >= 0.3 is 0 Å². The van der Waals surface area contributed by atoms with Crippen LogP contribution in [0.5, 0.6) is 0 Å². The number of hydrogen-bond acceptors (Lipinski definition) is 4. The third kappa shape index (κ3) is 5.48. The maximum atomic E-state index is 6.38. The number of rotatable bonds is 6. The van der Waals surface area contributed by atoms with Crippen LogP contribution in [0.25, 0.3) is 101 Å². The fourth-order valence-corrected chi connectivity index (χ4v) is 8.91. The molecule has 8 aromatic carbocycles. The first-order valence-corrected chi connectivity index (χ1v) is 19.8. The molecule has 10 aromatic rings. The van der Waals surface area contributed by atoms with Gasteiger partial charge in [-0.25, -0.2) is 15.0 Å². The summed E-state index contributed by atoms with van der Waals surface area (Å²) in [7, 11) is 0. The summed E-state index contributed by atoms with van der Waals surface area (Å²) >= 11 is 0. The standard InChI is InChI=1S/C54H37N3O/c1-54(2)45-24-12-11-21-43(45)49-41(23-13-25-46(49)54)40-19-9-10-20-42(40)53-56-51(36-17-7-4-8-18-36)55-52(57-53)37-29-27-35(28-30-37)39-22-14-26-48-50(39)44-33-38(31-32-47(44)58-48)34-15-5-3-6-16-34/h3-33H,1-2H3. The van der Waals surface area contributed by atoms with Crippen LogP contribution in [-0.2, 0) is 5.41 Å². The summed E-state index contributed by atoms with van der Waals surface area (Å²) in [4.78, 5) is 15.5. The lowest BCUT2D eigenvalue weighted by atomic mass is 9.82. The fourth-order valence-electron chi connectivity index (χ4n) is 8.91. The smallest absolute Gasteiger partial charge is 0.164 e. The molecule has 1 aliphatic carbocycles. The van der Waals surface area contributed by atoms with E-state index in [4.69, 9.17) is 19.4 Å². The zero-order chi connectivity index (χ0) is 38.8. The number of fused-ring (bicyclic) bond motifs is 6. The van der Waals surface area contributed by atoms with Crippen LogP contribution in [0.3, 0.4) is 0 Å². The van der Waals surface area contributed by atoms with Gasteiger partial charge in [0.2, 0.25) is 0 Å². The van der Waals surface area contributed by atoms with Crippen molar-refractivity contribution in [1.29, 1.82) is 0 Å². The van der Waals surface area contributed by atoms with Crippen LogP contribution in [0, 0.1) is 0 Å². The summed E-state index contributed by atoms with van der Waals surface area (Å²) in [6.07, 6.45) is 0. The van der Waals surface area contributed by atoms with E-state index >= 15 is 0 Å². The average Bonchev–Trinajstić information content (AvgIpc) is 3.78. The minimum Gasteiger partial charge on any atom is -0.456 e. The summed E-state index contributed by atoms with van der Waals surface area (Å²) in [6.45, 7) is 4.64. The monoisotopic (exact) mass is 743 g/mol. The zero-order valence-corrected chi connectivity index (χ0v) is 32.1. The molecule has 0 spiro atoms. The molecule has 0 saturated carbocycles. The molecule has 11 rings (SSSR count). The Morgan fingerprint density at radius 1 is 0.362 bits per heavy atom. The van der Waals surface area contributed by atoms with E-state index in [2.05, 4.69) is 172 Å². The topological polar surface area (TPSA) is 51.8 Å². The molecule has 0 aliphatic heterocycles. The Hall–Kier alpha value is -7.43. The molecule has 0 atom stereocenters. The molecule has 0 unspecified atom stereocenters. The van der Waals surface area contributed by atoms with Crippen LogP contribution in [-0.4, -0.2) is 15.0 Å². The molecule has 0 radical (unpaired) electrons. The van der Waals surface area contributed by atoms with E-state index in [0.29, 0.717) is 17.5 Å². The van der Waals surface area contributed by atoms with Crippen LogP contribution in [0.15, 0.2) is 192 Å². The van der Waals surface area contributed by atoms with E-state index < -0.39 is 0 Å². The van der Waals surface area contributed by atoms with E-state index in [-0.39, 0.29) is 5.41 Å². The van der Waals surface area contributed by atoms with Crippen LogP contribution >= 0.6 is 0 Å². The normalized spacial score (nSPS) is 12.8. The molecule has 0 bridgehead atoms. The van der Waals surface area contributed by atoms with Gasteiger partial charge in [0.05, 0.1) is 0 Å². The van der Waals surface area contributed by atoms with Crippen molar-refractivity contribution in [3.05, 3.63) is 199 Å². The molecular formula is C54H37N3O. The van der Waals surface area contributed by atoms with Gasteiger partial charge in [0, 0.05) is 32.9 Å². The molecule has 4 heteroatoms. The zero-order valence-electron chi connectivity index (χ0n) is 32.1. The Kier molecular flexibility index (Phi) is 7.80. The molecule has 0 saturated heterocycles. The summed E-state index contributed by atoms with van der Waals surface area (Å²) < 4.78 is 6.38. The molecule has 0 fully saturated rings. The molecule has 2 aromatic heterocycles. The first-order valence-electron chi connectivity index (χ1n) is 19.8. The number of benzene rings is 8. The lowest BCUT2D eigenvalue weighted by molar-refractivity contribution is 0.660. The van der Waals surface area contributed by atoms with Crippen molar-refractivity contribution in [2.45, 2.75) is 19.3 Å². The van der Waals surface area contributed by atoms with Crippen LogP contribution in [0.2, 0.25) is 0 Å². The lowest BCUT2D eigenvalue weighted by Crippen LogP contribution is -2.14. The van der Waals surface area contributed by atoms with Crippen molar-refractivity contribution in [3.8, 4) is 78.7 Å². The second-order valence-electron chi connectivity index (χ2n) is 15.6. The summed E-state index contributed by atoms with van der Waals surface area (Å²) in [6, 6.07) is 66.0. The molecular weight excluding hydrogens is 707 g/mol. The predicted molar refractivity (Wildman–Crippen MR) is 237 cm³/mol.